The van der Waals surface area contributed by atoms with Crippen LogP contribution in [0, 0.1) is 0 Å². The Labute approximate surface area is 121 Å². The molecule has 22 heavy (non-hydrogen) atoms. The van der Waals surface area contributed by atoms with Gasteiger partial charge in [-0.05, 0) is 36.4 Å². The molecule has 2 bridgehead atoms. The van der Waals surface area contributed by atoms with Gasteiger partial charge in [-0.1, -0.05) is 12.1 Å². The fourth-order valence-corrected chi connectivity index (χ4v) is 1.98. The summed E-state index contributed by atoms with van der Waals surface area (Å²) in [6.45, 7) is 0. The molecule has 6 nitrogen and oxygen atoms in total. The lowest BCUT2D eigenvalue weighted by Gasteiger charge is -1.90. The molecule has 0 saturated carbocycles. The number of benzene rings is 2. The first-order valence-electron chi connectivity index (χ1n) is 6.28. The summed E-state index contributed by atoms with van der Waals surface area (Å²) in [6.07, 6.45) is 0. The van der Waals surface area contributed by atoms with Gasteiger partial charge in [-0.3, -0.25) is 0 Å². The highest BCUT2D eigenvalue weighted by atomic mass is 16.4. The lowest BCUT2D eigenvalue weighted by molar-refractivity contribution is 0.485. The smallest absolute Gasteiger partial charge is 0.346 e. The first-order valence-corrected chi connectivity index (χ1v) is 6.28. The second-order valence-electron chi connectivity index (χ2n) is 4.48. The van der Waals surface area contributed by atoms with Crippen LogP contribution in [0.25, 0.3) is 21.5 Å². The number of rotatable bonds is 0. The Morgan fingerprint density at radius 1 is 0.500 bits per heavy atom. The maximum absolute atomic E-state index is 12.0. The molecule has 2 aromatic carbocycles. The molecule has 2 heterocycles. The molecule has 0 spiro atoms. The van der Waals surface area contributed by atoms with Crippen LogP contribution in [-0.4, -0.2) is 0 Å². The van der Waals surface area contributed by atoms with Crippen molar-refractivity contribution in [2.24, 2.45) is 0 Å². The van der Waals surface area contributed by atoms with Crippen LogP contribution in [-0.2, 0) is 0 Å². The normalized spacial score (nSPS) is 10.5. The second-order valence-corrected chi connectivity index (χ2v) is 4.48. The third-order valence-corrected chi connectivity index (χ3v) is 3.09. The molecule has 0 aliphatic carbocycles. The van der Waals surface area contributed by atoms with Gasteiger partial charge < -0.3 is 8.83 Å². The molecule has 4 rings (SSSR count). The summed E-state index contributed by atoms with van der Waals surface area (Å²) in [4.78, 5) is 47.8. The van der Waals surface area contributed by atoms with Crippen molar-refractivity contribution in [3.63, 3.8) is 0 Å². The molecule has 0 atom stereocenters. The van der Waals surface area contributed by atoms with Crippen molar-refractivity contribution in [3.8, 4) is 0 Å². The van der Waals surface area contributed by atoms with Gasteiger partial charge in [-0.15, -0.1) is 0 Å². The maximum atomic E-state index is 12.0. The molecular formula is C16H8O6. The molecule has 6 heteroatoms. The minimum absolute atomic E-state index is 0.106. The minimum Gasteiger partial charge on any atom is -0.386 e. The van der Waals surface area contributed by atoms with Crippen LogP contribution in [0.15, 0.2) is 76.5 Å². The topological polar surface area (TPSA) is 94.6 Å². The van der Waals surface area contributed by atoms with Crippen LogP contribution < -0.4 is 22.5 Å². The van der Waals surface area contributed by atoms with Gasteiger partial charge in [0, 0.05) is 0 Å². The summed E-state index contributed by atoms with van der Waals surface area (Å²) >= 11 is 0. The van der Waals surface area contributed by atoms with Crippen molar-refractivity contribution in [2.75, 3.05) is 0 Å². The van der Waals surface area contributed by atoms with Crippen LogP contribution in [0.5, 0.6) is 0 Å². The van der Waals surface area contributed by atoms with Crippen molar-refractivity contribution < 1.29 is 8.83 Å². The molecule has 4 aromatic rings. The summed E-state index contributed by atoms with van der Waals surface area (Å²) in [6, 6.07) is 10.9. The third kappa shape index (κ3) is 2.37. The van der Waals surface area contributed by atoms with Crippen molar-refractivity contribution >= 4 is 21.5 Å². The van der Waals surface area contributed by atoms with Gasteiger partial charge in [0.2, 0.25) is 0 Å². The molecule has 0 N–H and O–H groups in total. The largest absolute Gasteiger partial charge is 0.386 e. The Morgan fingerprint density at radius 2 is 0.864 bits per heavy atom. The van der Waals surface area contributed by atoms with Gasteiger partial charge in [-0.2, -0.15) is 0 Å². The summed E-state index contributed by atoms with van der Waals surface area (Å²) in [5, 5.41) is -0.0872. The Bertz CT molecular complexity index is 1040. The zero-order valence-corrected chi connectivity index (χ0v) is 11.1. The summed E-state index contributed by atoms with van der Waals surface area (Å²) in [5.41, 5.74) is -3.72. The van der Waals surface area contributed by atoms with E-state index < -0.39 is 22.5 Å². The zero-order chi connectivity index (χ0) is 15.7. The van der Waals surface area contributed by atoms with Crippen LogP contribution >= 0.6 is 0 Å². The molecule has 0 aliphatic rings. The van der Waals surface area contributed by atoms with Gasteiger partial charge in [0.15, 0.2) is 0 Å². The molecule has 0 amide bonds. The van der Waals surface area contributed by atoms with E-state index in [4.69, 9.17) is 8.83 Å². The van der Waals surface area contributed by atoms with E-state index in [-0.39, 0.29) is 21.5 Å². The number of hydrogen-bond donors (Lipinski definition) is 0. The van der Waals surface area contributed by atoms with Crippen LogP contribution in [0.4, 0.5) is 0 Å². The predicted octanol–water partition coefficient (Wildman–Crippen LogP) is 1.18. The third-order valence-electron chi connectivity index (χ3n) is 3.09. The van der Waals surface area contributed by atoms with Crippen LogP contribution in [0.2, 0.25) is 0 Å². The lowest BCUT2D eigenvalue weighted by Crippen LogP contribution is -2.12. The molecule has 0 fully saturated rings. The lowest BCUT2D eigenvalue weighted by atomic mass is 10.2. The fourth-order valence-electron chi connectivity index (χ4n) is 1.98. The van der Waals surface area contributed by atoms with E-state index in [0.29, 0.717) is 0 Å². The van der Waals surface area contributed by atoms with Gasteiger partial charge in [0.05, 0.1) is 21.5 Å². The van der Waals surface area contributed by atoms with Crippen molar-refractivity contribution in [2.45, 2.75) is 0 Å². The summed E-state index contributed by atoms with van der Waals surface area (Å²) in [5.74, 6) is 0. The second kappa shape index (κ2) is 5.25. The first kappa shape index (κ1) is 13.7. The number of fused-ring (bicyclic) bond motifs is 6. The van der Waals surface area contributed by atoms with Gasteiger partial charge in [-0.25, -0.2) is 19.2 Å². The molecular weight excluding hydrogens is 288 g/mol. The summed E-state index contributed by atoms with van der Waals surface area (Å²) in [7, 11) is 0. The number of hydrogen-bond acceptors (Lipinski definition) is 6. The highest BCUT2D eigenvalue weighted by molar-refractivity contribution is 5.79. The van der Waals surface area contributed by atoms with E-state index in [9.17, 15) is 19.2 Å². The van der Waals surface area contributed by atoms with E-state index in [1.807, 2.05) is 0 Å². The first-order chi connectivity index (χ1) is 10.6. The summed E-state index contributed by atoms with van der Waals surface area (Å²) < 4.78 is 9.47. The van der Waals surface area contributed by atoms with Gasteiger partial charge in [0.25, 0.3) is 0 Å². The SMILES string of the molecule is O=c1oc(=O)c2ccccc2c(=O)oc(=O)c2ccc1cc2. The van der Waals surface area contributed by atoms with Crippen LogP contribution in [0.1, 0.15) is 0 Å². The molecule has 0 unspecified atom stereocenters. The minimum atomic E-state index is -0.991. The Hall–Kier alpha value is -3.28. The zero-order valence-electron chi connectivity index (χ0n) is 11.1. The maximum Gasteiger partial charge on any atom is 0.346 e. The fraction of sp³-hybridized carbons (Fsp3) is 0. The van der Waals surface area contributed by atoms with Crippen molar-refractivity contribution in [1.82, 2.24) is 0 Å². The van der Waals surface area contributed by atoms with E-state index >= 15 is 0 Å². The van der Waals surface area contributed by atoms with Crippen molar-refractivity contribution in [3.05, 3.63) is 90.2 Å². The Morgan fingerprint density at radius 3 is 1.23 bits per heavy atom. The molecule has 0 saturated heterocycles. The van der Waals surface area contributed by atoms with E-state index in [1.54, 1.807) is 0 Å². The molecule has 0 radical (unpaired) electrons. The average molecular weight is 296 g/mol. The van der Waals surface area contributed by atoms with Crippen molar-refractivity contribution in [1.29, 1.82) is 0 Å². The highest BCUT2D eigenvalue weighted by Crippen LogP contribution is 2.02. The molecule has 0 aliphatic heterocycles. The molecule has 108 valence electrons. The Balaban J connectivity index is 2.73. The predicted molar refractivity (Wildman–Crippen MR) is 79.9 cm³/mol. The standard InChI is InChI=1S/C16H8O6/c17-13-9-5-7-10(8-6-9)14(18)22-16(20)12-4-2-1-3-11(12)15(19)21-13/h1-8H. The van der Waals surface area contributed by atoms with Crippen LogP contribution in [0.3, 0.4) is 0 Å². The van der Waals surface area contributed by atoms with E-state index in [1.165, 1.54) is 48.5 Å². The van der Waals surface area contributed by atoms with Gasteiger partial charge in [0.1, 0.15) is 0 Å². The molecule has 2 aromatic heterocycles. The monoisotopic (exact) mass is 296 g/mol. The van der Waals surface area contributed by atoms with Gasteiger partial charge >= 0.3 is 22.5 Å². The highest BCUT2D eigenvalue weighted by Gasteiger charge is 2.03. The van der Waals surface area contributed by atoms with E-state index in [0.717, 1.165) is 0 Å². The average Bonchev–Trinajstić information content (AvgIpc) is 2.54. The van der Waals surface area contributed by atoms with E-state index in [2.05, 4.69) is 0 Å². The quantitative estimate of drug-likeness (QED) is 0.618. The Kier molecular flexibility index (Phi) is 3.27.